The molecular formula is C32H39N3O7. The predicted octanol–water partition coefficient (Wildman–Crippen LogP) is 2.65. The molecule has 5 aliphatic rings. The molecule has 2 saturated carbocycles. The highest BCUT2D eigenvalue weighted by Gasteiger charge is 2.48. The Morgan fingerprint density at radius 2 is 1.21 bits per heavy atom. The fourth-order valence-corrected chi connectivity index (χ4v) is 5.41. The van der Waals surface area contributed by atoms with Gasteiger partial charge in [-0.3, -0.25) is 14.4 Å². The Morgan fingerprint density at radius 3 is 1.71 bits per heavy atom. The first-order valence-electron chi connectivity index (χ1n) is 14.9. The van der Waals surface area contributed by atoms with Gasteiger partial charge in [0.1, 0.15) is 0 Å². The van der Waals surface area contributed by atoms with Gasteiger partial charge < -0.3 is 24.5 Å². The number of nitrogens with zero attached hydrogens (tertiary/aromatic N) is 2. The van der Waals surface area contributed by atoms with Gasteiger partial charge in [0, 0.05) is 44.9 Å². The van der Waals surface area contributed by atoms with Crippen molar-refractivity contribution in [2.75, 3.05) is 52.6 Å². The lowest BCUT2D eigenvalue weighted by Crippen LogP contribution is -2.41. The van der Waals surface area contributed by atoms with Crippen molar-refractivity contribution in [3.63, 3.8) is 0 Å². The smallest absolute Gasteiger partial charge is 0.336 e. The lowest BCUT2D eigenvalue weighted by atomic mass is 10.1. The van der Waals surface area contributed by atoms with Gasteiger partial charge in [0.25, 0.3) is 11.8 Å². The number of carbonyl (C=O) groups excluding carboxylic acids is 4. The third-order valence-corrected chi connectivity index (χ3v) is 8.01. The summed E-state index contributed by atoms with van der Waals surface area (Å²) in [6, 6.07) is 20.0. The maximum Gasteiger partial charge on any atom is 0.336 e. The molecule has 0 aromatic heterocycles. The summed E-state index contributed by atoms with van der Waals surface area (Å²) in [5.74, 6) is -0.475. The first-order chi connectivity index (χ1) is 20.5. The van der Waals surface area contributed by atoms with Crippen LogP contribution >= 0.6 is 0 Å². The van der Waals surface area contributed by atoms with Crippen molar-refractivity contribution in [1.82, 2.24) is 15.3 Å². The molecule has 3 heterocycles. The van der Waals surface area contributed by atoms with Crippen LogP contribution in [0.1, 0.15) is 48.6 Å². The number of morpholine rings is 2. The van der Waals surface area contributed by atoms with Crippen LogP contribution in [0.3, 0.4) is 0 Å². The number of hydrogen-bond acceptors (Lipinski definition) is 8. The molecule has 0 radical (unpaired) electrons. The molecule has 3 amide bonds. The summed E-state index contributed by atoms with van der Waals surface area (Å²) in [7, 11) is 0. The van der Waals surface area contributed by atoms with Gasteiger partial charge in [-0.2, -0.15) is 0 Å². The minimum absolute atomic E-state index is 0.124. The third kappa shape index (κ3) is 8.02. The number of rotatable bonds is 5. The first kappa shape index (κ1) is 29.9. The van der Waals surface area contributed by atoms with Crippen LogP contribution in [0.25, 0.3) is 0 Å². The van der Waals surface area contributed by atoms with Gasteiger partial charge in [0.05, 0.1) is 32.3 Å². The van der Waals surface area contributed by atoms with Crippen LogP contribution in [0.2, 0.25) is 0 Å². The summed E-state index contributed by atoms with van der Waals surface area (Å²) >= 11 is 0. The fourth-order valence-electron chi connectivity index (χ4n) is 5.41. The Morgan fingerprint density at radius 1 is 0.714 bits per heavy atom. The molecule has 0 spiro atoms. The number of nitrogens with one attached hydrogen (secondary N) is 1. The van der Waals surface area contributed by atoms with E-state index in [2.05, 4.69) is 17.4 Å². The Balaban J connectivity index is 0.000000141. The van der Waals surface area contributed by atoms with Gasteiger partial charge >= 0.3 is 5.97 Å². The predicted molar refractivity (Wildman–Crippen MR) is 153 cm³/mol. The number of imide groups is 1. The van der Waals surface area contributed by atoms with Gasteiger partial charge in [-0.15, -0.1) is 5.06 Å². The lowest BCUT2D eigenvalue weighted by Gasteiger charge is -2.27. The second-order valence-electron chi connectivity index (χ2n) is 11.0. The van der Waals surface area contributed by atoms with Crippen molar-refractivity contribution in [2.24, 2.45) is 11.8 Å². The van der Waals surface area contributed by atoms with Crippen molar-refractivity contribution < 1.29 is 33.5 Å². The van der Waals surface area contributed by atoms with E-state index in [1.165, 1.54) is 5.56 Å². The molecule has 10 nitrogen and oxygen atoms in total. The molecule has 1 N–H and O–H groups in total. The van der Waals surface area contributed by atoms with Gasteiger partial charge in [0.15, 0.2) is 0 Å². The number of hydroxylamine groups is 2. The highest BCUT2D eigenvalue weighted by atomic mass is 16.7. The molecule has 4 unspecified atom stereocenters. The van der Waals surface area contributed by atoms with Gasteiger partial charge in [-0.25, -0.2) is 4.79 Å². The van der Waals surface area contributed by atoms with Crippen LogP contribution in [-0.4, -0.2) is 86.3 Å². The number of ether oxygens (including phenoxy) is 2. The second-order valence-corrected chi connectivity index (χ2v) is 11.0. The maximum absolute atomic E-state index is 12.2. The fraction of sp³-hybridized carbons (Fsp3) is 0.500. The van der Waals surface area contributed by atoms with Crippen LogP contribution in [-0.2, 0) is 33.5 Å². The summed E-state index contributed by atoms with van der Waals surface area (Å²) < 4.78 is 10.3. The van der Waals surface area contributed by atoms with Gasteiger partial charge in [-0.1, -0.05) is 60.7 Å². The number of benzene rings is 2. The molecule has 7 rings (SSSR count). The minimum Gasteiger partial charge on any atom is -0.379 e. The van der Waals surface area contributed by atoms with E-state index >= 15 is 0 Å². The second kappa shape index (κ2) is 14.5. The van der Waals surface area contributed by atoms with Crippen LogP contribution in [0.5, 0.6) is 0 Å². The highest BCUT2D eigenvalue weighted by Crippen LogP contribution is 2.49. The van der Waals surface area contributed by atoms with Crippen molar-refractivity contribution in [1.29, 1.82) is 0 Å². The SMILES string of the molecule is C1COCCN1.O=C(C1CC1c1ccccc1)N1CCOCC1.O=C(ON1C(=O)CCC1=O)C1CC1c1ccccc1. The van der Waals surface area contributed by atoms with E-state index in [4.69, 9.17) is 14.3 Å². The molecule has 10 heteroatoms. The molecule has 2 aliphatic carbocycles. The zero-order valence-electron chi connectivity index (χ0n) is 23.8. The topological polar surface area (TPSA) is 114 Å². The van der Waals surface area contributed by atoms with E-state index in [0.29, 0.717) is 36.5 Å². The number of amides is 3. The van der Waals surface area contributed by atoms with E-state index in [0.717, 1.165) is 51.4 Å². The van der Waals surface area contributed by atoms with Crippen molar-refractivity contribution in [3.8, 4) is 0 Å². The van der Waals surface area contributed by atoms with E-state index in [9.17, 15) is 19.2 Å². The van der Waals surface area contributed by atoms with Gasteiger partial charge in [-0.05, 0) is 35.8 Å². The number of carbonyl (C=O) groups is 4. The van der Waals surface area contributed by atoms with E-state index < -0.39 is 17.8 Å². The van der Waals surface area contributed by atoms with Crippen molar-refractivity contribution >= 4 is 23.7 Å². The average Bonchev–Trinajstić information content (AvgIpc) is 3.99. The van der Waals surface area contributed by atoms with Crippen LogP contribution in [0.4, 0.5) is 0 Å². The van der Waals surface area contributed by atoms with E-state index in [1.54, 1.807) is 0 Å². The molecule has 2 aromatic carbocycles. The van der Waals surface area contributed by atoms with E-state index in [-0.39, 0.29) is 30.6 Å². The monoisotopic (exact) mass is 577 g/mol. The summed E-state index contributed by atoms with van der Waals surface area (Å²) in [5, 5.41) is 3.77. The third-order valence-electron chi connectivity index (χ3n) is 8.01. The molecule has 3 aliphatic heterocycles. The summed E-state index contributed by atoms with van der Waals surface area (Å²) in [6.45, 7) is 6.73. The Labute approximate surface area is 246 Å². The normalized spacial score (nSPS) is 26.3. The molecule has 3 saturated heterocycles. The summed E-state index contributed by atoms with van der Waals surface area (Å²) in [4.78, 5) is 53.6. The van der Waals surface area contributed by atoms with Crippen LogP contribution < -0.4 is 5.32 Å². The standard InChI is InChI=1S/C14H13NO4.C14H17NO2.C4H9NO/c16-12-6-7-13(17)15(12)19-14(18)11-8-10(11)9-4-2-1-3-5-9;16-14(15-6-8-17-9-7-15)13-10-12(13)11-4-2-1-3-5-11;1-3-6-4-2-5-1/h1-5,10-11H,6-8H2;1-5,12-13H,6-10H2;5H,1-4H2. The number of hydrogen-bond donors (Lipinski definition) is 1. The molecule has 2 aromatic rings. The average molecular weight is 578 g/mol. The first-order valence-corrected chi connectivity index (χ1v) is 14.9. The Kier molecular flexibility index (Phi) is 10.3. The molecule has 224 valence electrons. The summed E-state index contributed by atoms with van der Waals surface area (Å²) in [5.41, 5.74) is 2.39. The maximum atomic E-state index is 12.2. The van der Waals surface area contributed by atoms with Crippen LogP contribution in [0.15, 0.2) is 60.7 Å². The molecule has 0 bridgehead atoms. The van der Waals surface area contributed by atoms with Crippen molar-refractivity contribution in [3.05, 3.63) is 71.8 Å². The molecule has 5 fully saturated rings. The van der Waals surface area contributed by atoms with Crippen molar-refractivity contribution in [2.45, 2.75) is 37.5 Å². The van der Waals surface area contributed by atoms with E-state index in [1.807, 2.05) is 53.4 Å². The Hall–Kier alpha value is -3.60. The largest absolute Gasteiger partial charge is 0.379 e. The molecular weight excluding hydrogens is 538 g/mol. The quantitative estimate of drug-likeness (QED) is 0.540. The highest BCUT2D eigenvalue weighted by molar-refractivity contribution is 6.01. The summed E-state index contributed by atoms with van der Waals surface area (Å²) in [6.07, 6.45) is 1.97. The lowest BCUT2D eigenvalue weighted by molar-refractivity contribution is -0.198. The zero-order valence-corrected chi connectivity index (χ0v) is 23.8. The molecule has 42 heavy (non-hydrogen) atoms. The van der Waals surface area contributed by atoms with Gasteiger partial charge in [0.2, 0.25) is 5.91 Å². The zero-order chi connectivity index (χ0) is 29.3. The van der Waals surface area contributed by atoms with Crippen LogP contribution in [0, 0.1) is 11.8 Å². The molecule has 4 atom stereocenters. The minimum atomic E-state index is -0.488. The Bertz CT molecular complexity index is 1190.